The van der Waals surface area contributed by atoms with E-state index in [0.29, 0.717) is 0 Å². The first-order chi connectivity index (χ1) is 22.5. The van der Waals surface area contributed by atoms with Crippen molar-refractivity contribution in [3.63, 3.8) is 0 Å². The molecular weight excluding hydrogens is 603 g/mol. The van der Waals surface area contributed by atoms with Crippen LogP contribution in [-0.2, 0) is 21.7 Å². The van der Waals surface area contributed by atoms with Crippen LogP contribution >= 0.6 is 0 Å². The van der Waals surface area contributed by atoms with Gasteiger partial charge in [-0.05, 0) is 101 Å². The van der Waals surface area contributed by atoms with Crippen molar-refractivity contribution in [2.45, 2.75) is 126 Å². The molecule has 0 bridgehead atoms. The molecular formula is C42H59N7. The van der Waals surface area contributed by atoms with Crippen LogP contribution in [0.15, 0.2) is 85.7 Å². The molecule has 7 nitrogen and oxygen atoms in total. The molecule has 0 N–H and O–H groups in total. The van der Waals surface area contributed by atoms with Gasteiger partial charge in [0, 0.05) is 48.6 Å². The molecule has 0 amide bonds. The van der Waals surface area contributed by atoms with Crippen molar-refractivity contribution < 1.29 is 0 Å². The van der Waals surface area contributed by atoms with Gasteiger partial charge in [0.15, 0.2) is 5.65 Å². The van der Waals surface area contributed by atoms with Gasteiger partial charge in [0.1, 0.15) is 11.5 Å². The highest BCUT2D eigenvalue weighted by Gasteiger charge is 2.16. The topological polar surface area (TPSA) is 73.3 Å². The van der Waals surface area contributed by atoms with Gasteiger partial charge in [-0.3, -0.25) is 9.97 Å². The molecule has 0 saturated carbocycles. The lowest BCUT2D eigenvalue weighted by Crippen LogP contribution is -2.12. The molecule has 7 heteroatoms. The zero-order valence-corrected chi connectivity index (χ0v) is 32.7. The molecule has 0 fully saturated rings. The number of aryl methyl sites for hydroxylation is 3. The van der Waals surface area contributed by atoms with Crippen molar-refractivity contribution in [3.8, 4) is 0 Å². The van der Waals surface area contributed by atoms with Crippen LogP contribution in [-0.4, -0.2) is 34.0 Å². The van der Waals surface area contributed by atoms with Gasteiger partial charge in [-0.1, -0.05) is 95.2 Å². The third-order valence-corrected chi connectivity index (χ3v) is 8.08. The largest absolute Gasteiger partial charge is 0.307 e. The van der Waals surface area contributed by atoms with Gasteiger partial charge in [0.05, 0.1) is 0 Å². The average molecular weight is 662 g/mol. The second kappa shape index (κ2) is 15.4. The van der Waals surface area contributed by atoms with Crippen molar-refractivity contribution in [3.05, 3.63) is 125 Å². The number of aromatic nitrogens is 7. The minimum Gasteiger partial charge on any atom is -0.307 e. The molecule has 0 spiro atoms. The molecule has 0 aliphatic carbocycles. The SMILES string of the molecule is CC(C)(C)c1ccc2nccn2c1.Cc1cc(C(C)(C)C)ccn1.Cc1cc(C(C)(C)C)ccn1.Cc1nc2ccc(C(C)(C)C)cn2n1. The summed E-state index contributed by atoms with van der Waals surface area (Å²) in [4.78, 5) is 16.8. The fourth-order valence-electron chi connectivity index (χ4n) is 4.83. The monoisotopic (exact) mass is 661 g/mol. The Kier molecular flexibility index (Phi) is 12.3. The molecule has 0 radical (unpaired) electrons. The maximum Gasteiger partial charge on any atom is 0.155 e. The number of imidazole rings is 1. The van der Waals surface area contributed by atoms with Crippen LogP contribution in [0, 0.1) is 20.8 Å². The van der Waals surface area contributed by atoms with Crippen molar-refractivity contribution in [2.75, 3.05) is 0 Å². The Morgan fingerprint density at radius 3 is 1.35 bits per heavy atom. The van der Waals surface area contributed by atoms with Crippen LogP contribution in [0.1, 0.15) is 123 Å². The Morgan fingerprint density at radius 1 is 0.469 bits per heavy atom. The fourth-order valence-corrected chi connectivity index (χ4v) is 4.83. The second-order valence-corrected chi connectivity index (χ2v) is 16.9. The Balaban J connectivity index is 0.000000178. The molecule has 0 atom stereocenters. The van der Waals surface area contributed by atoms with Gasteiger partial charge in [-0.15, -0.1) is 0 Å². The number of nitrogens with zero attached hydrogens (tertiary/aromatic N) is 7. The van der Waals surface area contributed by atoms with E-state index in [2.05, 4.69) is 167 Å². The van der Waals surface area contributed by atoms with Gasteiger partial charge < -0.3 is 4.40 Å². The highest BCUT2D eigenvalue weighted by atomic mass is 15.3. The Morgan fingerprint density at radius 2 is 0.918 bits per heavy atom. The number of hydrogen-bond acceptors (Lipinski definition) is 5. The maximum atomic E-state index is 4.29. The zero-order valence-electron chi connectivity index (χ0n) is 32.7. The lowest BCUT2D eigenvalue weighted by atomic mass is 9.87. The smallest absolute Gasteiger partial charge is 0.155 e. The van der Waals surface area contributed by atoms with Crippen LogP contribution in [0.4, 0.5) is 0 Å². The number of hydrogen-bond donors (Lipinski definition) is 0. The van der Waals surface area contributed by atoms with Crippen LogP contribution in [0.2, 0.25) is 0 Å². The van der Waals surface area contributed by atoms with Gasteiger partial charge in [-0.25, -0.2) is 14.5 Å². The summed E-state index contributed by atoms with van der Waals surface area (Å²) in [6.07, 6.45) is 11.7. The van der Waals surface area contributed by atoms with Crippen molar-refractivity contribution in [1.29, 1.82) is 0 Å². The maximum absolute atomic E-state index is 4.29. The molecule has 49 heavy (non-hydrogen) atoms. The molecule has 6 heterocycles. The Bertz CT molecular complexity index is 1880. The van der Waals surface area contributed by atoms with Crippen LogP contribution < -0.4 is 0 Å². The number of rotatable bonds is 0. The highest BCUT2D eigenvalue weighted by molar-refractivity contribution is 5.41. The van der Waals surface area contributed by atoms with Crippen molar-refractivity contribution in [2.24, 2.45) is 0 Å². The zero-order chi connectivity index (χ0) is 36.8. The molecule has 0 aliphatic heterocycles. The summed E-state index contributed by atoms with van der Waals surface area (Å²) in [6.45, 7) is 32.4. The fraction of sp³-hybridized carbons (Fsp3) is 0.452. The molecule has 0 aromatic carbocycles. The molecule has 0 unspecified atom stereocenters. The first-order valence-corrected chi connectivity index (χ1v) is 17.2. The van der Waals surface area contributed by atoms with E-state index in [9.17, 15) is 0 Å². The summed E-state index contributed by atoms with van der Waals surface area (Å²) in [5.74, 6) is 0.816. The van der Waals surface area contributed by atoms with Crippen molar-refractivity contribution in [1.82, 2.24) is 34.0 Å². The van der Waals surface area contributed by atoms with Gasteiger partial charge in [0.25, 0.3) is 0 Å². The lowest BCUT2D eigenvalue weighted by molar-refractivity contribution is 0.584. The molecule has 6 aromatic heterocycles. The van der Waals surface area contributed by atoms with Crippen molar-refractivity contribution >= 4 is 11.3 Å². The van der Waals surface area contributed by atoms with Gasteiger partial charge in [0.2, 0.25) is 0 Å². The van der Waals surface area contributed by atoms with E-state index >= 15 is 0 Å². The molecule has 6 rings (SSSR count). The molecule has 0 saturated heterocycles. The first-order valence-electron chi connectivity index (χ1n) is 17.2. The lowest BCUT2D eigenvalue weighted by Gasteiger charge is -2.18. The summed E-state index contributed by atoms with van der Waals surface area (Å²) in [5.41, 5.74) is 10.3. The second-order valence-electron chi connectivity index (χ2n) is 16.9. The minimum absolute atomic E-state index is 0.161. The van der Waals surface area contributed by atoms with Gasteiger partial charge in [-0.2, -0.15) is 5.10 Å². The summed E-state index contributed by atoms with van der Waals surface area (Å²) in [7, 11) is 0. The summed E-state index contributed by atoms with van der Waals surface area (Å²) >= 11 is 0. The van der Waals surface area contributed by atoms with E-state index in [1.807, 2.05) is 56.1 Å². The minimum atomic E-state index is 0.161. The van der Waals surface area contributed by atoms with Crippen LogP contribution in [0.25, 0.3) is 11.3 Å². The molecule has 6 aromatic rings. The molecule has 262 valence electrons. The number of fused-ring (bicyclic) bond motifs is 2. The standard InChI is InChI=1S/C11H15N3.C11H14N2.2C10H15N/c1-8-12-10-6-5-9(11(2,3)4)7-14(10)13-8;1-11(2,3)9-4-5-10-12-6-7-13(10)8-9;2*1-8-7-9(5-6-11-8)10(2,3)4/h5-7H,1-4H3;4-8H,1-3H3;2*5-7H,1-4H3. The molecule has 0 aliphatic rings. The Labute approximate surface area is 295 Å². The normalized spacial score (nSPS) is 12.0. The summed E-state index contributed by atoms with van der Waals surface area (Å²) < 4.78 is 3.90. The first kappa shape index (κ1) is 39.1. The van der Waals surface area contributed by atoms with Crippen LogP contribution in [0.3, 0.4) is 0 Å². The van der Waals surface area contributed by atoms with E-state index in [0.717, 1.165) is 28.5 Å². The van der Waals surface area contributed by atoms with Crippen LogP contribution in [0.5, 0.6) is 0 Å². The summed E-state index contributed by atoms with van der Waals surface area (Å²) in [5, 5.41) is 4.29. The van der Waals surface area contributed by atoms with E-state index in [-0.39, 0.29) is 21.7 Å². The quantitative estimate of drug-likeness (QED) is 0.162. The average Bonchev–Trinajstić information content (AvgIpc) is 3.61. The van der Waals surface area contributed by atoms with E-state index in [1.54, 1.807) is 0 Å². The third-order valence-electron chi connectivity index (χ3n) is 8.08. The van der Waals surface area contributed by atoms with E-state index in [4.69, 9.17) is 0 Å². The third kappa shape index (κ3) is 11.9. The van der Waals surface area contributed by atoms with E-state index in [1.165, 1.54) is 22.3 Å². The predicted molar refractivity (Wildman–Crippen MR) is 206 cm³/mol. The van der Waals surface area contributed by atoms with Gasteiger partial charge >= 0.3 is 0 Å². The Hall–Kier alpha value is -4.39. The summed E-state index contributed by atoms with van der Waals surface area (Å²) in [6, 6.07) is 16.8. The highest BCUT2D eigenvalue weighted by Crippen LogP contribution is 2.24. The number of pyridine rings is 4. The predicted octanol–water partition coefficient (Wildman–Crippen LogP) is 10.3. The van der Waals surface area contributed by atoms with E-state index < -0.39 is 0 Å².